The summed E-state index contributed by atoms with van der Waals surface area (Å²) >= 11 is 0. The second-order valence-corrected chi connectivity index (χ2v) is 7.15. The summed E-state index contributed by atoms with van der Waals surface area (Å²) in [5.74, 6) is 0.476. The van der Waals surface area contributed by atoms with Crippen molar-refractivity contribution in [1.29, 1.82) is 0 Å². The van der Waals surface area contributed by atoms with E-state index >= 15 is 0 Å². The van der Waals surface area contributed by atoms with E-state index in [9.17, 15) is 13.2 Å². The first kappa shape index (κ1) is 15.8. The molecule has 0 saturated carbocycles. The number of hydrogen-bond acceptors (Lipinski definition) is 4. The van der Waals surface area contributed by atoms with Crippen LogP contribution in [0.15, 0.2) is 24.3 Å². The molecule has 0 aliphatic carbocycles. The lowest BCUT2D eigenvalue weighted by molar-refractivity contribution is -0.128. The van der Waals surface area contributed by atoms with Crippen LogP contribution in [-0.4, -0.2) is 51.6 Å². The predicted octanol–water partition coefficient (Wildman–Crippen LogP) is 0.245. The van der Waals surface area contributed by atoms with Crippen LogP contribution in [0, 0.1) is 5.92 Å². The fraction of sp³-hybridized carbons (Fsp3) is 0.500. The number of amides is 1. The van der Waals surface area contributed by atoms with Gasteiger partial charge >= 0.3 is 0 Å². The van der Waals surface area contributed by atoms with Gasteiger partial charge in [0.05, 0.1) is 19.3 Å². The van der Waals surface area contributed by atoms with Gasteiger partial charge in [-0.3, -0.25) is 4.79 Å². The van der Waals surface area contributed by atoms with Crippen molar-refractivity contribution in [2.45, 2.75) is 6.42 Å². The molecule has 1 aromatic rings. The van der Waals surface area contributed by atoms with Gasteiger partial charge in [0.25, 0.3) is 0 Å². The zero-order chi connectivity index (χ0) is 15.5. The number of rotatable bonds is 6. The van der Waals surface area contributed by atoms with Crippen LogP contribution >= 0.6 is 0 Å². The molecule has 1 N–H and O–H groups in total. The molecule has 7 heteroatoms. The third-order valence-electron chi connectivity index (χ3n) is 3.53. The van der Waals surface area contributed by atoms with E-state index in [1.54, 1.807) is 7.11 Å². The van der Waals surface area contributed by atoms with Crippen LogP contribution in [0.3, 0.4) is 0 Å². The van der Waals surface area contributed by atoms with E-state index in [1.807, 2.05) is 24.3 Å². The van der Waals surface area contributed by atoms with E-state index < -0.39 is 10.0 Å². The molecule has 6 nitrogen and oxygen atoms in total. The highest BCUT2D eigenvalue weighted by Gasteiger charge is 2.37. The fourth-order valence-electron chi connectivity index (χ4n) is 2.18. The third-order valence-corrected chi connectivity index (χ3v) is 4.77. The normalized spacial score (nSPS) is 16.3. The number of carbonyl (C=O) groups excluding carboxylic acids is 1. The molecule has 1 amide bonds. The number of sulfonamides is 1. The smallest absolute Gasteiger partial charge is 0.225 e. The molecule has 0 radical (unpaired) electrons. The van der Waals surface area contributed by atoms with Crippen molar-refractivity contribution >= 4 is 15.9 Å². The number of hydrogen-bond donors (Lipinski definition) is 1. The van der Waals surface area contributed by atoms with E-state index in [4.69, 9.17) is 4.74 Å². The van der Waals surface area contributed by atoms with Crippen molar-refractivity contribution in [2.75, 3.05) is 33.0 Å². The van der Waals surface area contributed by atoms with Crippen LogP contribution in [0.4, 0.5) is 0 Å². The van der Waals surface area contributed by atoms with Crippen LogP contribution < -0.4 is 10.1 Å². The highest BCUT2D eigenvalue weighted by Crippen LogP contribution is 2.18. The largest absolute Gasteiger partial charge is 0.497 e. The van der Waals surface area contributed by atoms with Gasteiger partial charge in [0, 0.05) is 19.6 Å². The van der Waals surface area contributed by atoms with E-state index in [0.29, 0.717) is 13.0 Å². The zero-order valence-electron chi connectivity index (χ0n) is 12.2. The van der Waals surface area contributed by atoms with Crippen molar-refractivity contribution in [3.63, 3.8) is 0 Å². The molecule has 1 aromatic carbocycles. The Balaban J connectivity index is 1.73. The fourth-order valence-corrected chi connectivity index (χ4v) is 3.08. The topological polar surface area (TPSA) is 75.7 Å². The molecule has 0 aromatic heterocycles. The Morgan fingerprint density at radius 2 is 2.14 bits per heavy atom. The summed E-state index contributed by atoms with van der Waals surface area (Å²) in [6.07, 6.45) is 1.87. The maximum Gasteiger partial charge on any atom is 0.225 e. The number of methoxy groups -OCH3 is 1. The Morgan fingerprint density at radius 3 is 2.76 bits per heavy atom. The molecule has 116 valence electrons. The van der Waals surface area contributed by atoms with E-state index in [1.165, 1.54) is 4.31 Å². The Kier molecular flexibility index (Phi) is 4.84. The first-order chi connectivity index (χ1) is 9.90. The van der Waals surface area contributed by atoms with Crippen molar-refractivity contribution in [2.24, 2.45) is 5.92 Å². The molecule has 0 bridgehead atoms. The van der Waals surface area contributed by atoms with Gasteiger partial charge in [-0.05, 0) is 24.1 Å². The van der Waals surface area contributed by atoms with Crippen LogP contribution in [0.5, 0.6) is 5.75 Å². The molecule has 1 heterocycles. The van der Waals surface area contributed by atoms with Crippen LogP contribution in [0.2, 0.25) is 0 Å². The SMILES string of the molecule is COc1cccc(CCNC(=O)C2CN(S(C)(=O)=O)C2)c1. The van der Waals surface area contributed by atoms with Gasteiger partial charge in [-0.25, -0.2) is 12.7 Å². The summed E-state index contributed by atoms with van der Waals surface area (Å²) < 4.78 is 28.9. The minimum Gasteiger partial charge on any atom is -0.497 e. The Morgan fingerprint density at radius 1 is 1.43 bits per heavy atom. The highest BCUT2D eigenvalue weighted by molar-refractivity contribution is 7.88. The predicted molar refractivity (Wildman–Crippen MR) is 79.6 cm³/mol. The lowest BCUT2D eigenvalue weighted by atomic mass is 10.0. The standard InChI is InChI=1S/C14H20N2O4S/c1-20-13-5-3-4-11(8-13)6-7-15-14(17)12-9-16(10-12)21(2,18)19/h3-5,8,12H,6-7,9-10H2,1-2H3,(H,15,17). The maximum absolute atomic E-state index is 11.9. The third kappa shape index (κ3) is 4.18. The Hall–Kier alpha value is -1.60. The van der Waals surface area contributed by atoms with E-state index in [2.05, 4.69) is 5.32 Å². The van der Waals surface area contributed by atoms with Gasteiger partial charge in [-0.15, -0.1) is 0 Å². The van der Waals surface area contributed by atoms with E-state index in [-0.39, 0.29) is 24.9 Å². The first-order valence-corrected chi connectivity index (χ1v) is 8.61. The number of benzene rings is 1. The molecular weight excluding hydrogens is 292 g/mol. The number of nitrogens with one attached hydrogen (secondary N) is 1. The summed E-state index contributed by atoms with van der Waals surface area (Å²) in [6.45, 7) is 1.09. The molecule has 0 unspecified atom stereocenters. The van der Waals surface area contributed by atoms with Gasteiger partial charge in [-0.2, -0.15) is 0 Å². The van der Waals surface area contributed by atoms with Crippen LogP contribution in [0.25, 0.3) is 0 Å². The quantitative estimate of drug-likeness (QED) is 0.817. The summed E-state index contributed by atoms with van der Waals surface area (Å²) in [7, 11) is -1.55. The number of ether oxygens (including phenoxy) is 1. The molecule has 1 aliphatic heterocycles. The molecule has 1 fully saturated rings. The van der Waals surface area contributed by atoms with Gasteiger partial charge in [0.15, 0.2) is 0 Å². The minimum absolute atomic E-state index is 0.0854. The molecule has 21 heavy (non-hydrogen) atoms. The van der Waals surface area contributed by atoms with Gasteiger partial charge in [0.1, 0.15) is 5.75 Å². The van der Waals surface area contributed by atoms with Crippen molar-refractivity contribution in [3.05, 3.63) is 29.8 Å². The molecule has 1 aliphatic rings. The van der Waals surface area contributed by atoms with Gasteiger partial charge in [0.2, 0.25) is 15.9 Å². The molecule has 1 saturated heterocycles. The van der Waals surface area contributed by atoms with Crippen LogP contribution in [-0.2, 0) is 21.2 Å². The highest BCUT2D eigenvalue weighted by atomic mass is 32.2. The summed E-state index contributed by atoms with van der Waals surface area (Å²) in [5, 5.41) is 2.84. The summed E-state index contributed by atoms with van der Waals surface area (Å²) in [6, 6.07) is 7.69. The lowest BCUT2D eigenvalue weighted by Crippen LogP contribution is -2.55. The van der Waals surface area contributed by atoms with Crippen molar-refractivity contribution in [3.8, 4) is 5.75 Å². The molecule has 2 rings (SSSR count). The monoisotopic (exact) mass is 312 g/mol. The van der Waals surface area contributed by atoms with Crippen molar-refractivity contribution < 1.29 is 17.9 Å². The van der Waals surface area contributed by atoms with Crippen LogP contribution in [0.1, 0.15) is 5.56 Å². The summed E-state index contributed by atoms with van der Waals surface area (Å²) in [4.78, 5) is 11.9. The maximum atomic E-state index is 11.9. The number of nitrogens with zero attached hydrogens (tertiary/aromatic N) is 1. The number of carbonyl (C=O) groups is 1. The molecule has 0 spiro atoms. The Labute approximate surface area is 125 Å². The Bertz CT molecular complexity index is 609. The second kappa shape index (κ2) is 6.44. The zero-order valence-corrected chi connectivity index (χ0v) is 13.0. The average molecular weight is 312 g/mol. The second-order valence-electron chi connectivity index (χ2n) is 5.17. The van der Waals surface area contributed by atoms with E-state index in [0.717, 1.165) is 17.6 Å². The summed E-state index contributed by atoms with van der Waals surface area (Å²) in [5.41, 5.74) is 1.08. The molecule has 0 atom stereocenters. The first-order valence-electron chi connectivity index (χ1n) is 6.76. The van der Waals surface area contributed by atoms with Crippen molar-refractivity contribution in [1.82, 2.24) is 9.62 Å². The lowest BCUT2D eigenvalue weighted by Gasteiger charge is -2.35. The van der Waals surface area contributed by atoms with Gasteiger partial charge in [-0.1, -0.05) is 12.1 Å². The average Bonchev–Trinajstić information content (AvgIpc) is 2.35. The minimum atomic E-state index is -3.16. The van der Waals surface area contributed by atoms with Gasteiger partial charge < -0.3 is 10.1 Å². The molecular formula is C14H20N2O4S.